The van der Waals surface area contributed by atoms with Crippen molar-refractivity contribution in [3.63, 3.8) is 0 Å². The first-order valence-electron chi connectivity index (χ1n) is 7.03. The molecule has 2 aromatic rings. The van der Waals surface area contributed by atoms with Crippen molar-refractivity contribution in [2.45, 2.75) is 38.5 Å². The molecule has 0 spiro atoms. The van der Waals surface area contributed by atoms with Crippen LogP contribution in [0.25, 0.3) is 10.8 Å². The highest BCUT2D eigenvalue weighted by atomic mass is 19.2. The Bertz CT molecular complexity index is 595. The maximum Gasteiger partial charge on any atom is 0.166 e. The Hall–Kier alpha value is -1.44. The summed E-state index contributed by atoms with van der Waals surface area (Å²) in [5.41, 5.74) is 1.27. The zero-order chi connectivity index (χ0) is 13.4. The third-order valence-corrected chi connectivity index (χ3v) is 4.42. The van der Waals surface area contributed by atoms with Crippen molar-refractivity contribution in [2.24, 2.45) is 5.92 Å². The molecule has 0 saturated heterocycles. The molecule has 0 bridgehead atoms. The number of benzene rings is 2. The smallest absolute Gasteiger partial charge is 0.166 e. The van der Waals surface area contributed by atoms with Crippen molar-refractivity contribution in [2.75, 3.05) is 0 Å². The SMILES string of the molecule is CC1CCC(c2ccc3c(F)c(F)ccc3c2)CC1. The van der Waals surface area contributed by atoms with Crippen molar-refractivity contribution < 1.29 is 8.78 Å². The van der Waals surface area contributed by atoms with Gasteiger partial charge in [-0.25, -0.2) is 8.78 Å². The van der Waals surface area contributed by atoms with Crippen LogP contribution in [-0.2, 0) is 0 Å². The zero-order valence-electron chi connectivity index (χ0n) is 11.1. The summed E-state index contributed by atoms with van der Waals surface area (Å²) < 4.78 is 26.8. The van der Waals surface area contributed by atoms with Gasteiger partial charge in [-0.1, -0.05) is 44.0 Å². The van der Waals surface area contributed by atoms with E-state index in [1.54, 1.807) is 12.1 Å². The van der Waals surface area contributed by atoms with E-state index in [0.717, 1.165) is 11.3 Å². The lowest BCUT2D eigenvalue weighted by molar-refractivity contribution is 0.348. The van der Waals surface area contributed by atoms with Gasteiger partial charge in [0.05, 0.1) is 0 Å². The lowest BCUT2D eigenvalue weighted by atomic mass is 9.79. The van der Waals surface area contributed by atoms with E-state index in [1.165, 1.54) is 37.3 Å². The van der Waals surface area contributed by atoms with Gasteiger partial charge >= 0.3 is 0 Å². The minimum atomic E-state index is -0.772. The molecule has 3 rings (SSSR count). The van der Waals surface area contributed by atoms with Gasteiger partial charge in [0, 0.05) is 5.39 Å². The van der Waals surface area contributed by atoms with E-state index in [4.69, 9.17) is 0 Å². The van der Waals surface area contributed by atoms with E-state index >= 15 is 0 Å². The van der Waals surface area contributed by atoms with E-state index in [-0.39, 0.29) is 0 Å². The van der Waals surface area contributed by atoms with Crippen LogP contribution in [0.2, 0.25) is 0 Å². The summed E-state index contributed by atoms with van der Waals surface area (Å²) in [5, 5.41) is 1.18. The molecular formula is C17H18F2. The highest BCUT2D eigenvalue weighted by Gasteiger charge is 2.20. The summed E-state index contributed by atoms with van der Waals surface area (Å²) >= 11 is 0. The van der Waals surface area contributed by atoms with Crippen LogP contribution in [0.4, 0.5) is 8.78 Å². The number of hydrogen-bond acceptors (Lipinski definition) is 0. The summed E-state index contributed by atoms with van der Waals surface area (Å²) in [6, 6.07) is 8.60. The molecule has 0 radical (unpaired) electrons. The van der Waals surface area contributed by atoms with Crippen LogP contribution in [0.3, 0.4) is 0 Å². The Balaban J connectivity index is 1.96. The van der Waals surface area contributed by atoms with E-state index in [2.05, 4.69) is 6.92 Å². The number of rotatable bonds is 1. The molecule has 2 heteroatoms. The lowest BCUT2D eigenvalue weighted by Crippen LogP contribution is -2.10. The lowest BCUT2D eigenvalue weighted by Gasteiger charge is -2.26. The summed E-state index contributed by atoms with van der Waals surface area (Å²) in [5.74, 6) is -0.106. The predicted molar refractivity (Wildman–Crippen MR) is 74.2 cm³/mol. The first-order chi connectivity index (χ1) is 9.15. The molecule has 0 atom stereocenters. The zero-order valence-corrected chi connectivity index (χ0v) is 11.1. The normalized spacial score (nSPS) is 23.7. The van der Waals surface area contributed by atoms with Gasteiger partial charge in [-0.05, 0) is 41.7 Å². The summed E-state index contributed by atoms with van der Waals surface area (Å²) in [4.78, 5) is 0. The van der Waals surface area contributed by atoms with Crippen LogP contribution >= 0.6 is 0 Å². The van der Waals surface area contributed by atoms with E-state index < -0.39 is 11.6 Å². The minimum absolute atomic E-state index is 0.382. The van der Waals surface area contributed by atoms with Crippen LogP contribution in [0.1, 0.15) is 44.1 Å². The fourth-order valence-electron chi connectivity index (χ4n) is 3.13. The molecule has 1 aliphatic carbocycles. The number of fused-ring (bicyclic) bond motifs is 1. The molecule has 0 unspecified atom stereocenters. The quantitative estimate of drug-likeness (QED) is 0.643. The molecule has 0 heterocycles. The Kier molecular flexibility index (Phi) is 3.26. The molecule has 1 fully saturated rings. The maximum absolute atomic E-state index is 13.6. The molecule has 0 N–H and O–H groups in total. The average molecular weight is 260 g/mol. The number of halogens is 2. The molecule has 0 nitrogen and oxygen atoms in total. The second-order valence-electron chi connectivity index (χ2n) is 5.80. The predicted octanol–water partition coefficient (Wildman–Crippen LogP) is 5.41. The van der Waals surface area contributed by atoms with Crippen molar-refractivity contribution >= 4 is 10.8 Å². The fraction of sp³-hybridized carbons (Fsp3) is 0.412. The molecule has 100 valence electrons. The van der Waals surface area contributed by atoms with Crippen molar-refractivity contribution in [3.05, 3.63) is 47.5 Å². The van der Waals surface area contributed by atoms with Crippen LogP contribution in [0, 0.1) is 17.6 Å². The third kappa shape index (κ3) is 2.36. The summed E-state index contributed by atoms with van der Waals surface area (Å²) in [6.45, 7) is 2.30. The first kappa shape index (κ1) is 12.6. The Labute approximate surface area is 112 Å². The average Bonchev–Trinajstić information content (AvgIpc) is 2.43. The molecule has 0 aromatic heterocycles. The van der Waals surface area contributed by atoms with Crippen molar-refractivity contribution in [3.8, 4) is 0 Å². The van der Waals surface area contributed by atoms with E-state index in [0.29, 0.717) is 11.3 Å². The summed E-state index contributed by atoms with van der Waals surface area (Å²) in [6.07, 6.45) is 4.94. The fourth-order valence-corrected chi connectivity index (χ4v) is 3.13. The Morgan fingerprint density at radius 3 is 2.42 bits per heavy atom. The Morgan fingerprint density at radius 2 is 1.68 bits per heavy atom. The van der Waals surface area contributed by atoms with Crippen molar-refractivity contribution in [1.29, 1.82) is 0 Å². The van der Waals surface area contributed by atoms with Gasteiger partial charge in [-0.15, -0.1) is 0 Å². The van der Waals surface area contributed by atoms with Gasteiger partial charge in [-0.3, -0.25) is 0 Å². The highest BCUT2D eigenvalue weighted by Crippen LogP contribution is 2.36. The van der Waals surface area contributed by atoms with Crippen LogP contribution in [0.15, 0.2) is 30.3 Å². The van der Waals surface area contributed by atoms with Gasteiger partial charge in [0.1, 0.15) is 0 Å². The first-order valence-corrected chi connectivity index (χ1v) is 7.03. The maximum atomic E-state index is 13.6. The van der Waals surface area contributed by atoms with Gasteiger partial charge in [-0.2, -0.15) is 0 Å². The minimum Gasteiger partial charge on any atom is -0.204 e. The van der Waals surface area contributed by atoms with Crippen LogP contribution in [0.5, 0.6) is 0 Å². The molecular weight excluding hydrogens is 242 g/mol. The Morgan fingerprint density at radius 1 is 0.947 bits per heavy atom. The molecule has 19 heavy (non-hydrogen) atoms. The van der Waals surface area contributed by atoms with Crippen molar-refractivity contribution in [1.82, 2.24) is 0 Å². The third-order valence-electron chi connectivity index (χ3n) is 4.42. The second kappa shape index (κ2) is 4.92. The monoisotopic (exact) mass is 260 g/mol. The largest absolute Gasteiger partial charge is 0.204 e. The molecule has 2 aromatic carbocycles. The van der Waals surface area contributed by atoms with Gasteiger partial charge in [0.15, 0.2) is 11.6 Å². The van der Waals surface area contributed by atoms with Crippen LogP contribution in [-0.4, -0.2) is 0 Å². The summed E-state index contributed by atoms with van der Waals surface area (Å²) in [7, 11) is 0. The molecule has 1 saturated carbocycles. The topological polar surface area (TPSA) is 0 Å². The molecule has 0 amide bonds. The van der Waals surface area contributed by atoms with E-state index in [1.807, 2.05) is 12.1 Å². The van der Waals surface area contributed by atoms with E-state index in [9.17, 15) is 8.78 Å². The van der Waals surface area contributed by atoms with Gasteiger partial charge in [0.25, 0.3) is 0 Å². The van der Waals surface area contributed by atoms with Gasteiger partial charge < -0.3 is 0 Å². The van der Waals surface area contributed by atoms with Crippen LogP contribution < -0.4 is 0 Å². The molecule has 1 aliphatic rings. The second-order valence-corrected chi connectivity index (χ2v) is 5.80. The number of hydrogen-bond donors (Lipinski definition) is 0. The van der Waals surface area contributed by atoms with Gasteiger partial charge in [0.2, 0.25) is 0 Å². The standard InChI is InChI=1S/C17H18F2/c1-11-2-4-12(5-3-11)13-6-8-15-14(10-13)7-9-16(18)17(15)19/h6-12H,2-5H2,1H3. The highest BCUT2D eigenvalue weighted by molar-refractivity contribution is 5.84. The molecule has 0 aliphatic heterocycles.